The molecule has 0 saturated carbocycles. The van der Waals surface area contributed by atoms with Crippen LogP contribution in [0.25, 0.3) is 0 Å². The molecule has 0 atom stereocenters. The minimum atomic E-state index is -0.340. The molecule has 28 heavy (non-hydrogen) atoms. The van der Waals surface area contributed by atoms with Crippen molar-refractivity contribution in [2.75, 3.05) is 11.9 Å². The molecule has 2 aromatic carbocycles. The van der Waals surface area contributed by atoms with E-state index in [-0.39, 0.29) is 5.82 Å². The van der Waals surface area contributed by atoms with E-state index in [4.69, 9.17) is 11.6 Å². The Bertz CT molecular complexity index is 984. The molecule has 2 heterocycles. The summed E-state index contributed by atoms with van der Waals surface area (Å²) in [6.07, 6.45) is 0.870. The number of benzene rings is 2. The maximum Gasteiger partial charge on any atom is 0.198 e. The second-order valence-corrected chi connectivity index (χ2v) is 7.92. The second-order valence-electron chi connectivity index (χ2n) is 6.80. The molecule has 0 bridgehead atoms. The Balaban J connectivity index is 1.53. The average Bonchev–Trinajstić information content (AvgIpc) is 2.68. The molecule has 1 aliphatic heterocycles. The maximum absolute atomic E-state index is 13.3. The predicted molar refractivity (Wildman–Crippen MR) is 113 cm³/mol. The van der Waals surface area contributed by atoms with Gasteiger partial charge in [-0.25, -0.2) is 14.4 Å². The third-order valence-electron chi connectivity index (χ3n) is 4.82. The lowest BCUT2D eigenvalue weighted by Gasteiger charge is -2.29. The van der Waals surface area contributed by atoms with Gasteiger partial charge in [-0.15, -0.1) is 0 Å². The molecule has 0 fully saturated rings. The van der Waals surface area contributed by atoms with Crippen molar-refractivity contribution in [3.8, 4) is 0 Å². The van der Waals surface area contributed by atoms with Gasteiger partial charge in [0.05, 0.1) is 5.69 Å². The fraction of sp³-hybridized carbons (Fsp3) is 0.238. The van der Waals surface area contributed by atoms with Crippen LogP contribution in [0.1, 0.15) is 22.4 Å². The lowest BCUT2D eigenvalue weighted by Crippen LogP contribution is -2.31. The number of fused-ring (bicyclic) bond motifs is 1. The van der Waals surface area contributed by atoms with E-state index in [0.717, 1.165) is 48.7 Å². The second kappa shape index (κ2) is 8.55. The Morgan fingerprint density at radius 1 is 1.14 bits per heavy atom. The Kier molecular flexibility index (Phi) is 5.90. The van der Waals surface area contributed by atoms with E-state index in [1.165, 1.54) is 17.7 Å². The van der Waals surface area contributed by atoms with Gasteiger partial charge in [-0.2, -0.15) is 0 Å². The van der Waals surface area contributed by atoms with Gasteiger partial charge in [-0.05, 0) is 39.2 Å². The predicted octanol–water partition coefficient (Wildman–Crippen LogP) is 5.20. The van der Waals surface area contributed by atoms with Crippen molar-refractivity contribution in [1.29, 1.82) is 0 Å². The largest absolute Gasteiger partial charge is 0.366 e. The molecule has 1 aliphatic rings. The lowest BCUT2D eigenvalue weighted by molar-refractivity contribution is 0.243. The fourth-order valence-electron chi connectivity index (χ4n) is 3.41. The topological polar surface area (TPSA) is 41.1 Å². The molecule has 4 rings (SSSR count). The molecule has 0 unspecified atom stereocenters. The Labute approximate surface area is 176 Å². The zero-order valence-electron chi connectivity index (χ0n) is 15.1. The number of hydrogen-bond acceptors (Lipinski definition) is 4. The molecule has 144 valence electrons. The molecule has 0 spiro atoms. The van der Waals surface area contributed by atoms with Crippen molar-refractivity contribution in [3.05, 3.63) is 86.5 Å². The standard InChI is InChI=1S/C21H19BrClFN4/c22-21-26-19-8-9-28(12-14-4-2-1-3-5-14)13-17(19)20(27-21)25-11-15-6-7-16(24)10-18(15)23/h1-7,10H,8-9,11-13H2,(H,25,26,27). The van der Waals surface area contributed by atoms with Crippen molar-refractivity contribution in [1.82, 2.24) is 14.9 Å². The summed E-state index contributed by atoms with van der Waals surface area (Å²) in [6, 6.07) is 14.9. The van der Waals surface area contributed by atoms with Crippen molar-refractivity contribution < 1.29 is 4.39 Å². The monoisotopic (exact) mass is 460 g/mol. The van der Waals surface area contributed by atoms with Crippen LogP contribution in [-0.2, 0) is 26.1 Å². The molecule has 7 heteroatoms. The van der Waals surface area contributed by atoms with Crippen LogP contribution in [-0.4, -0.2) is 21.4 Å². The Morgan fingerprint density at radius 2 is 1.96 bits per heavy atom. The van der Waals surface area contributed by atoms with E-state index in [9.17, 15) is 4.39 Å². The molecule has 0 aliphatic carbocycles. The number of halogens is 3. The fourth-order valence-corrected chi connectivity index (χ4v) is 4.03. The number of aromatic nitrogens is 2. The summed E-state index contributed by atoms with van der Waals surface area (Å²) in [7, 11) is 0. The normalized spacial score (nSPS) is 14.0. The van der Waals surface area contributed by atoms with Gasteiger partial charge < -0.3 is 5.32 Å². The average molecular weight is 462 g/mol. The molecule has 0 radical (unpaired) electrons. The Hall–Kier alpha value is -2.02. The van der Waals surface area contributed by atoms with E-state index in [2.05, 4.69) is 60.4 Å². The SMILES string of the molecule is Fc1ccc(CNc2nc(Br)nc3c2CN(Cc2ccccc2)CC3)c(Cl)c1. The summed E-state index contributed by atoms with van der Waals surface area (Å²) in [5.41, 5.74) is 4.27. The van der Waals surface area contributed by atoms with Crippen molar-refractivity contribution in [3.63, 3.8) is 0 Å². The van der Waals surface area contributed by atoms with E-state index >= 15 is 0 Å². The van der Waals surface area contributed by atoms with Crippen LogP contribution < -0.4 is 5.32 Å². The zero-order chi connectivity index (χ0) is 19.5. The van der Waals surface area contributed by atoms with Crippen LogP contribution in [0.4, 0.5) is 10.2 Å². The van der Waals surface area contributed by atoms with Crippen molar-refractivity contribution in [2.45, 2.75) is 26.1 Å². The zero-order valence-corrected chi connectivity index (χ0v) is 17.5. The van der Waals surface area contributed by atoms with E-state index in [1.807, 2.05) is 6.07 Å². The first-order chi connectivity index (χ1) is 13.6. The minimum Gasteiger partial charge on any atom is -0.366 e. The summed E-state index contributed by atoms with van der Waals surface area (Å²) in [4.78, 5) is 11.5. The highest BCUT2D eigenvalue weighted by atomic mass is 79.9. The summed E-state index contributed by atoms with van der Waals surface area (Å²) in [5, 5.41) is 3.76. The van der Waals surface area contributed by atoms with E-state index < -0.39 is 0 Å². The first-order valence-corrected chi connectivity index (χ1v) is 10.2. The van der Waals surface area contributed by atoms with Crippen LogP contribution in [0.5, 0.6) is 0 Å². The smallest absolute Gasteiger partial charge is 0.198 e. The van der Waals surface area contributed by atoms with Crippen LogP contribution in [0, 0.1) is 5.82 Å². The van der Waals surface area contributed by atoms with Crippen LogP contribution in [0.3, 0.4) is 0 Å². The van der Waals surface area contributed by atoms with E-state index in [0.29, 0.717) is 16.3 Å². The highest BCUT2D eigenvalue weighted by Gasteiger charge is 2.22. The third kappa shape index (κ3) is 4.51. The number of hydrogen-bond donors (Lipinski definition) is 1. The van der Waals surface area contributed by atoms with Gasteiger partial charge in [0, 0.05) is 43.2 Å². The van der Waals surface area contributed by atoms with Gasteiger partial charge in [0.25, 0.3) is 0 Å². The number of nitrogens with one attached hydrogen (secondary N) is 1. The summed E-state index contributed by atoms with van der Waals surface area (Å²) >= 11 is 9.56. The summed E-state index contributed by atoms with van der Waals surface area (Å²) < 4.78 is 13.8. The van der Waals surface area contributed by atoms with Crippen LogP contribution in [0.15, 0.2) is 53.3 Å². The Morgan fingerprint density at radius 3 is 2.75 bits per heavy atom. The molecule has 0 saturated heterocycles. The summed E-state index contributed by atoms with van der Waals surface area (Å²) in [6.45, 7) is 3.08. The van der Waals surface area contributed by atoms with Gasteiger partial charge >= 0.3 is 0 Å². The maximum atomic E-state index is 13.3. The molecule has 0 amide bonds. The minimum absolute atomic E-state index is 0.340. The molecule has 1 aromatic heterocycles. The van der Waals surface area contributed by atoms with E-state index in [1.54, 1.807) is 6.07 Å². The number of anilines is 1. The molecular formula is C21H19BrClFN4. The molecule has 1 N–H and O–H groups in total. The molecule has 4 nitrogen and oxygen atoms in total. The third-order valence-corrected chi connectivity index (χ3v) is 5.53. The van der Waals surface area contributed by atoms with Crippen molar-refractivity contribution in [2.24, 2.45) is 0 Å². The van der Waals surface area contributed by atoms with Crippen LogP contribution >= 0.6 is 27.5 Å². The van der Waals surface area contributed by atoms with Gasteiger partial charge in [0.15, 0.2) is 4.73 Å². The molecular weight excluding hydrogens is 443 g/mol. The number of nitrogens with zero attached hydrogens (tertiary/aromatic N) is 3. The highest BCUT2D eigenvalue weighted by Crippen LogP contribution is 2.27. The van der Waals surface area contributed by atoms with Gasteiger partial charge in [0.1, 0.15) is 11.6 Å². The lowest BCUT2D eigenvalue weighted by atomic mass is 10.0. The van der Waals surface area contributed by atoms with Crippen molar-refractivity contribution >= 4 is 33.3 Å². The van der Waals surface area contributed by atoms with Crippen LogP contribution in [0.2, 0.25) is 5.02 Å². The highest BCUT2D eigenvalue weighted by molar-refractivity contribution is 9.10. The summed E-state index contributed by atoms with van der Waals surface area (Å²) in [5.74, 6) is 0.447. The van der Waals surface area contributed by atoms with Gasteiger partial charge in [-0.3, -0.25) is 4.90 Å². The molecule has 3 aromatic rings. The van der Waals surface area contributed by atoms with Gasteiger partial charge in [-0.1, -0.05) is 48.0 Å². The first kappa shape index (κ1) is 19.3. The first-order valence-electron chi connectivity index (χ1n) is 9.08. The quantitative estimate of drug-likeness (QED) is 0.530. The number of rotatable bonds is 5. The van der Waals surface area contributed by atoms with Gasteiger partial charge in [0.2, 0.25) is 0 Å².